The van der Waals surface area contributed by atoms with Crippen molar-refractivity contribution < 1.29 is 9.21 Å². The largest absolute Gasteiger partial charge is 0.467 e. The predicted molar refractivity (Wildman–Crippen MR) is 82.0 cm³/mol. The van der Waals surface area contributed by atoms with Crippen molar-refractivity contribution in [1.29, 1.82) is 0 Å². The van der Waals surface area contributed by atoms with Gasteiger partial charge in [0.1, 0.15) is 12.0 Å². The standard InChI is InChI=1S/C15H24N2O2.ClH/c1-15(2)6-4-12(5-7-15)17(3)14(18)11-8-13(9-16)19-10-11;/h8,10,12H,4-7,9,16H2,1-3H3;1H. The number of carbonyl (C=O) groups is 1. The summed E-state index contributed by atoms with van der Waals surface area (Å²) in [7, 11) is 1.89. The van der Waals surface area contributed by atoms with Crippen molar-refractivity contribution in [2.45, 2.75) is 52.1 Å². The molecule has 5 heteroatoms. The van der Waals surface area contributed by atoms with Crippen molar-refractivity contribution in [3.63, 3.8) is 0 Å². The van der Waals surface area contributed by atoms with Crippen LogP contribution in [0.1, 0.15) is 55.6 Å². The Bertz CT molecular complexity index is 446. The van der Waals surface area contributed by atoms with Gasteiger partial charge in [0.25, 0.3) is 5.91 Å². The van der Waals surface area contributed by atoms with Crippen LogP contribution < -0.4 is 5.73 Å². The normalized spacial score (nSPS) is 18.4. The number of amides is 1. The molecule has 0 aliphatic heterocycles. The van der Waals surface area contributed by atoms with E-state index in [1.165, 1.54) is 19.1 Å². The molecule has 2 N–H and O–H groups in total. The average Bonchev–Trinajstić information content (AvgIpc) is 2.86. The molecule has 0 atom stereocenters. The Morgan fingerprint density at radius 3 is 2.55 bits per heavy atom. The summed E-state index contributed by atoms with van der Waals surface area (Å²) in [6, 6.07) is 2.09. The molecule has 0 bridgehead atoms. The monoisotopic (exact) mass is 300 g/mol. The van der Waals surface area contributed by atoms with Crippen LogP contribution in [0.3, 0.4) is 0 Å². The molecule has 1 saturated carbocycles. The Morgan fingerprint density at radius 1 is 1.45 bits per heavy atom. The second-order valence-corrected chi connectivity index (χ2v) is 6.32. The van der Waals surface area contributed by atoms with Crippen molar-refractivity contribution >= 4 is 18.3 Å². The fraction of sp³-hybridized carbons (Fsp3) is 0.667. The van der Waals surface area contributed by atoms with Gasteiger partial charge in [0.15, 0.2) is 0 Å². The van der Waals surface area contributed by atoms with Crippen molar-refractivity contribution in [3.05, 3.63) is 23.7 Å². The predicted octanol–water partition coefficient (Wildman–Crippen LogP) is 3.20. The maximum atomic E-state index is 12.4. The van der Waals surface area contributed by atoms with Gasteiger partial charge in [-0.05, 0) is 37.2 Å². The topological polar surface area (TPSA) is 59.5 Å². The first-order valence-electron chi connectivity index (χ1n) is 6.97. The summed E-state index contributed by atoms with van der Waals surface area (Å²) in [5, 5.41) is 0. The molecule has 1 fully saturated rings. The minimum Gasteiger partial charge on any atom is -0.467 e. The molecule has 0 unspecified atom stereocenters. The fourth-order valence-corrected chi connectivity index (χ4v) is 2.74. The average molecular weight is 301 g/mol. The number of hydrogen-bond acceptors (Lipinski definition) is 3. The summed E-state index contributed by atoms with van der Waals surface area (Å²) in [5.41, 5.74) is 6.52. The molecule has 1 aliphatic carbocycles. The van der Waals surface area contributed by atoms with Crippen LogP contribution in [-0.2, 0) is 6.54 Å². The first-order valence-corrected chi connectivity index (χ1v) is 6.97. The van der Waals surface area contributed by atoms with Gasteiger partial charge in [0.05, 0.1) is 12.1 Å². The van der Waals surface area contributed by atoms with E-state index in [0.29, 0.717) is 29.3 Å². The molecule has 1 heterocycles. The van der Waals surface area contributed by atoms with E-state index < -0.39 is 0 Å². The molecule has 114 valence electrons. The molecule has 0 radical (unpaired) electrons. The summed E-state index contributed by atoms with van der Waals surface area (Å²) in [4.78, 5) is 14.2. The Balaban J connectivity index is 0.00000200. The molecule has 1 aliphatic rings. The van der Waals surface area contributed by atoms with Gasteiger partial charge in [0.2, 0.25) is 0 Å². The lowest BCUT2D eigenvalue weighted by molar-refractivity contribution is 0.0634. The first-order chi connectivity index (χ1) is 8.93. The number of furan rings is 1. The van der Waals surface area contributed by atoms with E-state index in [0.717, 1.165) is 12.8 Å². The Hall–Kier alpha value is -1.00. The zero-order valence-electron chi connectivity index (χ0n) is 12.5. The summed E-state index contributed by atoms with van der Waals surface area (Å²) in [5.74, 6) is 0.690. The molecule has 1 amide bonds. The summed E-state index contributed by atoms with van der Waals surface area (Å²) >= 11 is 0. The molecule has 0 spiro atoms. The van der Waals surface area contributed by atoms with Gasteiger partial charge in [-0.25, -0.2) is 0 Å². The molecule has 4 nitrogen and oxygen atoms in total. The summed E-state index contributed by atoms with van der Waals surface area (Å²) < 4.78 is 5.23. The van der Waals surface area contributed by atoms with Crippen LogP contribution in [0.4, 0.5) is 0 Å². The molecule has 0 aromatic carbocycles. The van der Waals surface area contributed by atoms with Crippen molar-refractivity contribution in [1.82, 2.24) is 4.90 Å². The van der Waals surface area contributed by atoms with Gasteiger partial charge in [-0.3, -0.25) is 4.79 Å². The van der Waals surface area contributed by atoms with Crippen LogP contribution in [-0.4, -0.2) is 23.9 Å². The minimum absolute atomic E-state index is 0. The highest BCUT2D eigenvalue weighted by Gasteiger charge is 2.31. The number of nitrogens with zero attached hydrogens (tertiary/aromatic N) is 1. The van der Waals surface area contributed by atoms with Crippen LogP contribution in [0.5, 0.6) is 0 Å². The molecule has 20 heavy (non-hydrogen) atoms. The third kappa shape index (κ3) is 3.76. The van der Waals surface area contributed by atoms with Gasteiger partial charge >= 0.3 is 0 Å². The van der Waals surface area contributed by atoms with E-state index in [1.807, 2.05) is 11.9 Å². The fourth-order valence-electron chi connectivity index (χ4n) is 2.74. The van der Waals surface area contributed by atoms with Gasteiger partial charge in [0, 0.05) is 13.1 Å². The van der Waals surface area contributed by atoms with Crippen molar-refractivity contribution in [2.75, 3.05) is 7.05 Å². The van der Waals surface area contributed by atoms with Crippen LogP contribution in [0.15, 0.2) is 16.7 Å². The molecular formula is C15H25ClN2O2. The number of halogens is 1. The van der Waals surface area contributed by atoms with E-state index in [9.17, 15) is 4.79 Å². The lowest BCUT2D eigenvalue weighted by Gasteiger charge is -2.38. The second kappa shape index (κ2) is 6.64. The number of nitrogens with two attached hydrogens (primary N) is 1. The number of hydrogen-bond donors (Lipinski definition) is 1. The zero-order valence-corrected chi connectivity index (χ0v) is 13.3. The van der Waals surface area contributed by atoms with Crippen molar-refractivity contribution in [3.8, 4) is 0 Å². The summed E-state index contributed by atoms with van der Waals surface area (Å²) in [6.45, 7) is 4.93. The number of rotatable bonds is 3. The van der Waals surface area contributed by atoms with Gasteiger partial charge in [-0.15, -0.1) is 12.4 Å². The van der Waals surface area contributed by atoms with Gasteiger partial charge in [-0.1, -0.05) is 13.8 Å². The Kier molecular flexibility index (Phi) is 5.66. The smallest absolute Gasteiger partial charge is 0.257 e. The lowest BCUT2D eigenvalue weighted by atomic mass is 9.75. The molecule has 1 aromatic heterocycles. The van der Waals surface area contributed by atoms with E-state index in [-0.39, 0.29) is 18.3 Å². The third-order valence-electron chi connectivity index (χ3n) is 4.28. The molecule has 2 rings (SSSR count). The lowest BCUT2D eigenvalue weighted by Crippen LogP contribution is -2.40. The van der Waals surface area contributed by atoms with E-state index >= 15 is 0 Å². The quantitative estimate of drug-likeness (QED) is 0.932. The van der Waals surface area contributed by atoms with Crippen molar-refractivity contribution in [2.24, 2.45) is 11.1 Å². The SMILES string of the molecule is CN(C(=O)c1coc(CN)c1)C1CCC(C)(C)CC1.Cl. The van der Waals surface area contributed by atoms with Crippen LogP contribution >= 0.6 is 12.4 Å². The highest BCUT2D eigenvalue weighted by atomic mass is 35.5. The Morgan fingerprint density at radius 2 is 2.05 bits per heavy atom. The van der Waals surface area contributed by atoms with Gasteiger partial charge in [-0.2, -0.15) is 0 Å². The maximum Gasteiger partial charge on any atom is 0.257 e. The van der Waals surface area contributed by atoms with Crippen LogP contribution in [0, 0.1) is 5.41 Å². The van der Waals surface area contributed by atoms with E-state index in [1.54, 1.807) is 6.07 Å². The molecular weight excluding hydrogens is 276 g/mol. The highest BCUT2D eigenvalue weighted by molar-refractivity contribution is 5.94. The first kappa shape index (κ1) is 17.1. The molecule has 0 saturated heterocycles. The van der Waals surface area contributed by atoms with E-state index in [2.05, 4.69) is 13.8 Å². The van der Waals surface area contributed by atoms with Crippen LogP contribution in [0.2, 0.25) is 0 Å². The third-order valence-corrected chi connectivity index (χ3v) is 4.28. The minimum atomic E-state index is 0. The highest BCUT2D eigenvalue weighted by Crippen LogP contribution is 2.36. The number of carbonyl (C=O) groups excluding carboxylic acids is 1. The Labute approximate surface area is 127 Å². The van der Waals surface area contributed by atoms with Gasteiger partial charge < -0.3 is 15.1 Å². The zero-order chi connectivity index (χ0) is 14.0. The second-order valence-electron chi connectivity index (χ2n) is 6.32. The summed E-state index contributed by atoms with van der Waals surface area (Å²) in [6.07, 6.45) is 6.02. The van der Waals surface area contributed by atoms with E-state index in [4.69, 9.17) is 10.2 Å². The molecule has 1 aromatic rings. The maximum absolute atomic E-state index is 12.4. The van der Waals surface area contributed by atoms with Crippen LogP contribution in [0.25, 0.3) is 0 Å².